The highest BCUT2D eigenvalue weighted by molar-refractivity contribution is 7.13. The molecule has 0 spiro atoms. The van der Waals surface area contributed by atoms with Gasteiger partial charge < -0.3 is 15.0 Å². The van der Waals surface area contributed by atoms with Crippen molar-refractivity contribution < 1.29 is 14.3 Å². The second-order valence-electron chi connectivity index (χ2n) is 7.82. The van der Waals surface area contributed by atoms with Crippen molar-refractivity contribution in [3.8, 4) is 10.4 Å². The Morgan fingerprint density at radius 1 is 1.20 bits per heavy atom. The van der Waals surface area contributed by atoms with Crippen LogP contribution in [0.5, 0.6) is 0 Å². The molecule has 1 aromatic heterocycles. The van der Waals surface area contributed by atoms with Gasteiger partial charge in [-0.1, -0.05) is 24.3 Å². The maximum absolute atomic E-state index is 12.8. The molecule has 0 bridgehead atoms. The number of nitrogens with zero attached hydrogens (tertiary/aromatic N) is 3. The predicted octanol–water partition coefficient (Wildman–Crippen LogP) is 2.06. The Kier molecular flexibility index (Phi) is 6.76. The molecule has 2 aliphatic heterocycles. The first-order valence-corrected chi connectivity index (χ1v) is 11.4. The van der Waals surface area contributed by atoms with Crippen LogP contribution in [0, 0.1) is 6.92 Å². The monoisotopic (exact) mass is 428 g/mol. The highest BCUT2D eigenvalue weighted by atomic mass is 32.1. The number of aryl methyl sites for hydroxylation is 1. The van der Waals surface area contributed by atoms with Crippen LogP contribution in [-0.4, -0.2) is 72.0 Å². The number of ether oxygens (including phenoxy) is 1. The van der Waals surface area contributed by atoms with Gasteiger partial charge in [0, 0.05) is 26.2 Å². The molecular formula is C22H28N4O3S. The largest absolute Gasteiger partial charge is 0.379 e. The first-order valence-electron chi connectivity index (χ1n) is 10.5. The van der Waals surface area contributed by atoms with Crippen LogP contribution in [0.15, 0.2) is 29.8 Å². The van der Waals surface area contributed by atoms with Crippen molar-refractivity contribution in [1.29, 1.82) is 0 Å². The highest BCUT2D eigenvalue weighted by Crippen LogP contribution is 2.27. The van der Waals surface area contributed by atoms with Crippen LogP contribution >= 0.6 is 11.3 Å². The Bertz CT molecular complexity index is 877. The Morgan fingerprint density at radius 3 is 2.67 bits per heavy atom. The maximum atomic E-state index is 12.8. The molecule has 2 saturated heterocycles. The maximum Gasteiger partial charge on any atom is 0.243 e. The second-order valence-corrected chi connectivity index (χ2v) is 8.67. The van der Waals surface area contributed by atoms with Gasteiger partial charge in [-0.15, -0.1) is 11.3 Å². The SMILES string of the molecule is Cc1ncsc1-c1ccc(CNC(=O)[C@@H]2CCCN2C(=O)CN2CCOCC2)cc1. The second kappa shape index (κ2) is 9.68. The molecule has 3 heterocycles. The fraction of sp³-hybridized carbons (Fsp3) is 0.500. The fourth-order valence-electron chi connectivity index (χ4n) is 4.04. The summed E-state index contributed by atoms with van der Waals surface area (Å²) in [7, 11) is 0. The number of benzene rings is 1. The van der Waals surface area contributed by atoms with E-state index in [9.17, 15) is 9.59 Å². The molecule has 4 rings (SSSR count). The molecule has 7 nitrogen and oxygen atoms in total. The van der Waals surface area contributed by atoms with E-state index in [0.717, 1.165) is 42.8 Å². The van der Waals surface area contributed by atoms with Gasteiger partial charge >= 0.3 is 0 Å². The standard InChI is InChI=1S/C22H28N4O3S/c1-16-21(30-15-24-16)18-6-4-17(5-7-18)13-23-22(28)19-3-2-8-26(19)20(27)14-25-9-11-29-12-10-25/h4-7,15,19H,2-3,8-14H2,1H3,(H,23,28)/t19-/m0/s1. The van der Waals surface area contributed by atoms with E-state index in [2.05, 4.69) is 27.3 Å². The zero-order chi connectivity index (χ0) is 20.9. The molecule has 1 atom stereocenters. The third-order valence-corrected chi connectivity index (χ3v) is 6.74. The Balaban J connectivity index is 1.30. The summed E-state index contributed by atoms with van der Waals surface area (Å²) < 4.78 is 5.34. The molecule has 30 heavy (non-hydrogen) atoms. The summed E-state index contributed by atoms with van der Waals surface area (Å²) in [5, 5.41) is 3.02. The molecular weight excluding hydrogens is 400 g/mol. The zero-order valence-electron chi connectivity index (χ0n) is 17.3. The number of amides is 2. The Labute approximate surface area is 181 Å². The van der Waals surface area contributed by atoms with Crippen LogP contribution in [0.4, 0.5) is 0 Å². The van der Waals surface area contributed by atoms with Crippen molar-refractivity contribution in [2.75, 3.05) is 39.4 Å². The molecule has 2 fully saturated rings. The molecule has 1 aromatic carbocycles. The van der Waals surface area contributed by atoms with Crippen LogP contribution in [0.2, 0.25) is 0 Å². The topological polar surface area (TPSA) is 74.8 Å². The van der Waals surface area contributed by atoms with Gasteiger partial charge in [0.15, 0.2) is 0 Å². The van der Waals surface area contributed by atoms with Gasteiger partial charge in [0.05, 0.1) is 35.8 Å². The number of carbonyl (C=O) groups is 2. The van der Waals surface area contributed by atoms with Crippen LogP contribution in [0.25, 0.3) is 10.4 Å². The van der Waals surface area contributed by atoms with E-state index in [1.807, 2.05) is 24.6 Å². The summed E-state index contributed by atoms with van der Waals surface area (Å²) in [6, 6.07) is 7.83. The van der Waals surface area contributed by atoms with E-state index in [0.29, 0.717) is 32.8 Å². The smallest absolute Gasteiger partial charge is 0.243 e. The number of likely N-dealkylation sites (tertiary alicyclic amines) is 1. The van der Waals surface area contributed by atoms with Gasteiger partial charge in [-0.05, 0) is 30.9 Å². The molecule has 1 N–H and O–H groups in total. The molecule has 0 aliphatic carbocycles. The molecule has 8 heteroatoms. The molecule has 0 radical (unpaired) electrons. The van der Waals surface area contributed by atoms with E-state index in [4.69, 9.17) is 4.74 Å². The Hall–Kier alpha value is -2.29. The number of aromatic nitrogens is 1. The van der Waals surface area contributed by atoms with Crippen molar-refractivity contribution in [1.82, 2.24) is 20.1 Å². The summed E-state index contributed by atoms with van der Waals surface area (Å²) in [5.41, 5.74) is 5.07. The average Bonchev–Trinajstić information content (AvgIpc) is 3.42. The summed E-state index contributed by atoms with van der Waals surface area (Å²) in [6.45, 7) is 6.37. The predicted molar refractivity (Wildman–Crippen MR) is 116 cm³/mol. The number of thiazole rings is 1. The van der Waals surface area contributed by atoms with Crippen LogP contribution in [0.3, 0.4) is 0 Å². The lowest BCUT2D eigenvalue weighted by molar-refractivity contribution is -0.140. The van der Waals surface area contributed by atoms with Gasteiger partial charge in [-0.2, -0.15) is 0 Å². The van der Waals surface area contributed by atoms with Crippen molar-refractivity contribution in [3.63, 3.8) is 0 Å². The van der Waals surface area contributed by atoms with E-state index in [-0.39, 0.29) is 17.9 Å². The van der Waals surface area contributed by atoms with Crippen LogP contribution < -0.4 is 5.32 Å². The number of rotatable bonds is 6. The van der Waals surface area contributed by atoms with Gasteiger partial charge in [0.2, 0.25) is 11.8 Å². The van der Waals surface area contributed by atoms with Crippen LogP contribution in [0.1, 0.15) is 24.1 Å². The lowest BCUT2D eigenvalue weighted by atomic mass is 10.1. The quantitative estimate of drug-likeness (QED) is 0.762. The average molecular weight is 429 g/mol. The van der Waals surface area contributed by atoms with Gasteiger partial charge in [0.1, 0.15) is 6.04 Å². The molecule has 2 aromatic rings. The highest BCUT2D eigenvalue weighted by Gasteiger charge is 2.34. The Morgan fingerprint density at radius 2 is 1.97 bits per heavy atom. The summed E-state index contributed by atoms with van der Waals surface area (Å²) in [5.74, 6) is -0.0240. The number of morpholine rings is 1. The molecule has 2 amide bonds. The molecule has 2 aliphatic rings. The minimum Gasteiger partial charge on any atom is -0.379 e. The molecule has 160 valence electrons. The van der Waals surface area contributed by atoms with Gasteiger partial charge in [-0.25, -0.2) is 4.98 Å². The minimum absolute atomic E-state index is 0.0406. The number of nitrogens with one attached hydrogen (secondary N) is 1. The van der Waals surface area contributed by atoms with Crippen molar-refractivity contribution in [2.45, 2.75) is 32.4 Å². The van der Waals surface area contributed by atoms with E-state index in [1.165, 1.54) is 4.88 Å². The summed E-state index contributed by atoms with van der Waals surface area (Å²) in [6.07, 6.45) is 1.60. The van der Waals surface area contributed by atoms with E-state index in [1.54, 1.807) is 16.2 Å². The van der Waals surface area contributed by atoms with Crippen molar-refractivity contribution >= 4 is 23.2 Å². The van der Waals surface area contributed by atoms with Gasteiger partial charge in [0.25, 0.3) is 0 Å². The van der Waals surface area contributed by atoms with Gasteiger partial charge in [-0.3, -0.25) is 14.5 Å². The molecule has 0 unspecified atom stereocenters. The lowest BCUT2D eigenvalue weighted by Gasteiger charge is -2.30. The first-order chi connectivity index (χ1) is 14.6. The van der Waals surface area contributed by atoms with E-state index < -0.39 is 0 Å². The van der Waals surface area contributed by atoms with Crippen molar-refractivity contribution in [2.24, 2.45) is 0 Å². The lowest BCUT2D eigenvalue weighted by Crippen LogP contribution is -2.50. The fourth-order valence-corrected chi connectivity index (χ4v) is 4.85. The first kappa shape index (κ1) is 21.0. The summed E-state index contributed by atoms with van der Waals surface area (Å²) >= 11 is 1.63. The minimum atomic E-state index is -0.363. The number of carbonyl (C=O) groups excluding carboxylic acids is 2. The molecule has 0 saturated carbocycles. The third kappa shape index (κ3) is 4.88. The van der Waals surface area contributed by atoms with Crippen molar-refractivity contribution in [3.05, 3.63) is 41.0 Å². The number of hydrogen-bond acceptors (Lipinski definition) is 6. The van der Waals surface area contributed by atoms with E-state index >= 15 is 0 Å². The zero-order valence-corrected chi connectivity index (χ0v) is 18.1. The summed E-state index contributed by atoms with van der Waals surface area (Å²) in [4.78, 5) is 34.8. The normalized spacial score (nSPS) is 19.8. The van der Waals surface area contributed by atoms with Crippen LogP contribution in [-0.2, 0) is 20.9 Å². The third-order valence-electron chi connectivity index (χ3n) is 5.77. The number of hydrogen-bond donors (Lipinski definition) is 1.